The molecule has 0 aliphatic heterocycles. The van der Waals surface area contributed by atoms with Crippen molar-refractivity contribution in [2.75, 3.05) is 6.61 Å². The molecule has 0 spiro atoms. The number of allylic oxidation sites excluding steroid dienone is 1. The molecule has 4 aliphatic carbocycles. The molecule has 0 radical (unpaired) electrons. The second kappa shape index (κ2) is 9.06. The van der Waals surface area contributed by atoms with Crippen LogP contribution in [0.4, 0.5) is 0 Å². The minimum absolute atomic E-state index is 0.192. The minimum atomic E-state index is -0.248. The van der Waals surface area contributed by atoms with Gasteiger partial charge < -0.3 is 14.9 Å². The average Bonchev–Trinajstić information content (AvgIpc) is 3.11. The first kappa shape index (κ1) is 24.3. The Kier molecular flexibility index (Phi) is 6.87. The molecule has 32 heavy (non-hydrogen) atoms. The van der Waals surface area contributed by atoms with Gasteiger partial charge in [0.25, 0.3) is 0 Å². The Morgan fingerprint density at radius 1 is 1.03 bits per heavy atom. The van der Waals surface area contributed by atoms with Gasteiger partial charge in [0.2, 0.25) is 0 Å². The molecule has 4 saturated carbocycles. The molecule has 0 heterocycles. The quantitative estimate of drug-likeness (QED) is 0.440. The van der Waals surface area contributed by atoms with Crippen molar-refractivity contribution in [1.82, 2.24) is 0 Å². The van der Waals surface area contributed by atoms with Gasteiger partial charge in [0.1, 0.15) is 0 Å². The minimum Gasteiger partial charge on any atom is -0.463 e. The zero-order valence-electron chi connectivity index (χ0n) is 20.9. The first-order chi connectivity index (χ1) is 15.2. The third-order valence-electron chi connectivity index (χ3n) is 10.9. The van der Waals surface area contributed by atoms with Crippen LogP contribution in [0.5, 0.6) is 0 Å². The Balaban J connectivity index is 1.59. The molecule has 4 rings (SSSR count). The zero-order chi connectivity index (χ0) is 23.3. The van der Waals surface area contributed by atoms with Crippen LogP contribution in [0.15, 0.2) is 12.2 Å². The Morgan fingerprint density at radius 3 is 2.41 bits per heavy atom. The smallest absolute Gasteiger partial charge is 0.330 e. The van der Waals surface area contributed by atoms with Crippen molar-refractivity contribution in [2.24, 2.45) is 52.3 Å². The van der Waals surface area contributed by atoms with E-state index in [0.29, 0.717) is 48.0 Å². The molecule has 2 N–H and O–H groups in total. The van der Waals surface area contributed by atoms with Gasteiger partial charge in [0.05, 0.1) is 18.8 Å². The molecule has 0 unspecified atom stereocenters. The third kappa shape index (κ3) is 3.78. The van der Waals surface area contributed by atoms with Crippen molar-refractivity contribution in [1.29, 1.82) is 0 Å². The van der Waals surface area contributed by atoms with Crippen molar-refractivity contribution in [3.63, 3.8) is 0 Å². The standard InChI is InChI=1S/C28H46O4/c1-6-19-23-16-18(29)12-14-28(23,5)22-13-15-27(4)20(9-10-21(27)25(22)26(19)31)17(3)8-11-24(30)32-7-2/h8,11,17-23,25-26,29,31H,6-7,9-10,12-16H2,1-5H3/t17-,18-,19-,20-,21+,22+,23+,25+,26-,27-,28-/m1/s1. The van der Waals surface area contributed by atoms with E-state index in [1.807, 2.05) is 6.92 Å². The number of hydrogen-bond acceptors (Lipinski definition) is 4. The first-order valence-electron chi connectivity index (χ1n) is 13.4. The Hall–Kier alpha value is -0.870. The van der Waals surface area contributed by atoms with Crippen LogP contribution in [0.25, 0.3) is 0 Å². The van der Waals surface area contributed by atoms with Crippen molar-refractivity contribution < 1.29 is 19.7 Å². The molecule has 4 aliphatic rings. The summed E-state index contributed by atoms with van der Waals surface area (Å²) in [5, 5.41) is 22.2. The summed E-state index contributed by atoms with van der Waals surface area (Å²) in [6.45, 7) is 11.7. The molecular formula is C28H46O4. The van der Waals surface area contributed by atoms with Gasteiger partial charge in [-0.05, 0) is 104 Å². The number of ether oxygens (including phenoxy) is 1. The van der Waals surface area contributed by atoms with Crippen LogP contribution in [0.2, 0.25) is 0 Å². The van der Waals surface area contributed by atoms with Crippen molar-refractivity contribution in [3.8, 4) is 0 Å². The van der Waals surface area contributed by atoms with E-state index in [1.165, 1.54) is 25.7 Å². The summed E-state index contributed by atoms with van der Waals surface area (Å²) >= 11 is 0. The fourth-order valence-corrected chi connectivity index (χ4v) is 9.42. The van der Waals surface area contributed by atoms with Crippen LogP contribution in [0.1, 0.15) is 86.0 Å². The Labute approximate surface area is 195 Å². The number of aliphatic hydroxyl groups is 2. The first-order valence-corrected chi connectivity index (χ1v) is 13.4. The molecule has 0 amide bonds. The molecular weight excluding hydrogens is 400 g/mol. The van der Waals surface area contributed by atoms with E-state index in [2.05, 4.69) is 33.8 Å². The molecule has 0 aromatic rings. The summed E-state index contributed by atoms with van der Waals surface area (Å²) in [6, 6.07) is 0. The molecule has 4 heteroatoms. The predicted molar refractivity (Wildman–Crippen MR) is 127 cm³/mol. The summed E-state index contributed by atoms with van der Waals surface area (Å²) in [4.78, 5) is 11.9. The zero-order valence-corrected chi connectivity index (χ0v) is 20.9. The van der Waals surface area contributed by atoms with E-state index in [9.17, 15) is 15.0 Å². The lowest BCUT2D eigenvalue weighted by Crippen LogP contribution is -2.62. The van der Waals surface area contributed by atoms with E-state index in [0.717, 1.165) is 25.7 Å². The highest BCUT2D eigenvalue weighted by molar-refractivity contribution is 5.81. The molecule has 0 saturated heterocycles. The largest absolute Gasteiger partial charge is 0.463 e. The molecule has 0 bridgehead atoms. The summed E-state index contributed by atoms with van der Waals surface area (Å²) in [5.41, 5.74) is 0.467. The fraction of sp³-hybridized carbons (Fsp3) is 0.893. The highest BCUT2D eigenvalue weighted by Crippen LogP contribution is 2.69. The Bertz CT molecular complexity index is 718. The van der Waals surface area contributed by atoms with Gasteiger partial charge in [0, 0.05) is 6.08 Å². The number of esters is 1. The van der Waals surface area contributed by atoms with Crippen LogP contribution >= 0.6 is 0 Å². The van der Waals surface area contributed by atoms with Crippen LogP contribution < -0.4 is 0 Å². The Morgan fingerprint density at radius 2 is 1.72 bits per heavy atom. The van der Waals surface area contributed by atoms with Crippen molar-refractivity contribution in [3.05, 3.63) is 12.2 Å². The summed E-state index contributed by atoms with van der Waals surface area (Å²) in [7, 11) is 0. The summed E-state index contributed by atoms with van der Waals surface area (Å²) in [6.07, 6.45) is 11.9. The number of carbonyl (C=O) groups excluding carboxylic acids is 1. The third-order valence-corrected chi connectivity index (χ3v) is 10.9. The van der Waals surface area contributed by atoms with Gasteiger partial charge in [-0.1, -0.05) is 40.2 Å². The van der Waals surface area contributed by atoms with Gasteiger partial charge in [-0.2, -0.15) is 0 Å². The maximum absolute atomic E-state index is 11.9. The highest BCUT2D eigenvalue weighted by atomic mass is 16.5. The average molecular weight is 447 g/mol. The van der Waals surface area contributed by atoms with E-state index in [-0.39, 0.29) is 29.0 Å². The number of rotatable bonds is 5. The SMILES string of the molecule is CCOC(=O)C=C[C@@H](C)[C@H]1CC[C@H]2[C@@H]3[C@H](O)[C@H](CC)[C@@H]4C[C@H](O)CC[C@]4(C)[C@H]3CC[C@]12C. The van der Waals surface area contributed by atoms with Gasteiger partial charge in [-0.3, -0.25) is 0 Å². The van der Waals surface area contributed by atoms with Gasteiger partial charge in [-0.25, -0.2) is 4.79 Å². The number of hydrogen-bond donors (Lipinski definition) is 2. The van der Waals surface area contributed by atoms with Crippen molar-refractivity contribution in [2.45, 2.75) is 98.2 Å². The lowest BCUT2D eigenvalue weighted by molar-refractivity contribution is -0.202. The number of carbonyl (C=O) groups is 1. The lowest BCUT2D eigenvalue weighted by atomic mass is 9.41. The highest BCUT2D eigenvalue weighted by Gasteiger charge is 2.64. The van der Waals surface area contributed by atoms with Crippen LogP contribution in [0, 0.1) is 52.3 Å². The lowest BCUT2D eigenvalue weighted by Gasteiger charge is -2.64. The molecule has 11 atom stereocenters. The summed E-state index contributed by atoms with van der Waals surface area (Å²) in [5.74, 6) is 2.89. The molecule has 4 nitrogen and oxygen atoms in total. The monoisotopic (exact) mass is 446 g/mol. The van der Waals surface area contributed by atoms with Crippen LogP contribution in [-0.4, -0.2) is 35.0 Å². The maximum Gasteiger partial charge on any atom is 0.330 e. The van der Waals surface area contributed by atoms with E-state index < -0.39 is 0 Å². The van der Waals surface area contributed by atoms with Gasteiger partial charge in [0.15, 0.2) is 0 Å². The van der Waals surface area contributed by atoms with Crippen LogP contribution in [-0.2, 0) is 9.53 Å². The normalized spacial score (nSPS) is 49.2. The topological polar surface area (TPSA) is 66.8 Å². The summed E-state index contributed by atoms with van der Waals surface area (Å²) < 4.78 is 5.09. The van der Waals surface area contributed by atoms with Gasteiger partial charge >= 0.3 is 5.97 Å². The number of fused-ring (bicyclic) bond motifs is 5. The van der Waals surface area contributed by atoms with Crippen LogP contribution in [0.3, 0.4) is 0 Å². The van der Waals surface area contributed by atoms with E-state index in [4.69, 9.17) is 4.74 Å². The second-order valence-corrected chi connectivity index (χ2v) is 12.1. The maximum atomic E-state index is 11.9. The van der Waals surface area contributed by atoms with E-state index >= 15 is 0 Å². The molecule has 4 fully saturated rings. The molecule has 0 aromatic heterocycles. The predicted octanol–water partition coefficient (Wildman–Crippen LogP) is 5.37. The fourth-order valence-electron chi connectivity index (χ4n) is 9.42. The van der Waals surface area contributed by atoms with Crippen molar-refractivity contribution >= 4 is 5.97 Å². The molecule has 182 valence electrons. The molecule has 0 aromatic carbocycles. The number of aliphatic hydroxyl groups excluding tert-OH is 2. The second-order valence-electron chi connectivity index (χ2n) is 12.1. The van der Waals surface area contributed by atoms with E-state index in [1.54, 1.807) is 6.08 Å². The van der Waals surface area contributed by atoms with Gasteiger partial charge in [-0.15, -0.1) is 0 Å².